The fourth-order valence-corrected chi connectivity index (χ4v) is 4.79. The van der Waals surface area contributed by atoms with Gasteiger partial charge in [0.1, 0.15) is 0 Å². The number of ether oxygens (including phenoxy) is 3. The molecule has 3 heterocycles. The first kappa shape index (κ1) is 19.9. The third kappa shape index (κ3) is 4.58. The molecule has 0 aromatic carbocycles. The van der Waals surface area contributed by atoms with E-state index < -0.39 is 0 Å². The van der Waals surface area contributed by atoms with Crippen LogP contribution in [0.5, 0.6) is 0 Å². The number of carbonyl (C=O) groups is 1. The van der Waals surface area contributed by atoms with Gasteiger partial charge in [-0.15, -0.1) is 0 Å². The van der Waals surface area contributed by atoms with Crippen LogP contribution in [-0.2, 0) is 20.8 Å². The van der Waals surface area contributed by atoms with Crippen LogP contribution in [-0.4, -0.2) is 53.4 Å². The summed E-state index contributed by atoms with van der Waals surface area (Å²) < 4.78 is 19.3. The van der Waals surface area contributed by atoms with Crippen LogP contribution in [0.25, 0.3) is 0 Å². The Morgan fingerprint density at radius 2 is 2.14 bits per heavy atom. The van der Waals surface area contributed by atoms with E-state index in [1.807, 2.05) is 11.6 Å². The Balaban J connectivity index is 1.28. The van der Waals surface area contributed by atoms with Gasteiger partial charge in [-0.3, -0.25) is 9.48 Å². The number of carbonyl (C=O) groups excluding carboxylic acids is 1. The van der Waals surface area contributed by atoms with E-state index >= 15 is 0 Å². The summed E-state index contributed by atoms with van der Waals surface area (Å²) in [5, 5.41) is 7.62. The molecule has 1 saturated carbocycles. The molecule has 2 unspecified atom stereocenters. The summed E-state index contributed by atoms with van der Waals surface area (Å²) in [6.45, 7) is 4.63. The molecule has 3 fully saturated rings. The molecule has 7 nitrogen and oxygen atoms in total. The van der Waals surface area contributed by atoms with E-state index in [0.29, 0.717) is 18.7 Å². The minimum Gasteiger partial charge on any atom is -0.375 e. The van der Waals surface area contributed by atoms with Crippen molar-refractivity contribution in [2.45, 2.75) is 89.2 Å². The maximum absolute atomic E-state index is 12.8. The van der Waals surface area contributed by atoms with Crippen LogP contribution in [0.3, 0.4) is 0 Å². The van der Waals surface area contributed by atoms with Gasteiger partial charge in [0.2, 0.25) is 0 Å². The number of hydrogen-bond acceptors (Lipinski definition) is 5. The van der Waals surface area contributed by atoms with Crippen LogP contribution in [0.4, 0.5) is 0 Å². The molecule has 1 aromatic rings. The molecule has 4 rings (SSSR count). The van der Waals surface area contributed by atoms with E-state index in [2.05, 4.69) is 10.4 Å². The SMILES string of the molecule is Cc1c(C(=O)NC2CCOC3(CCCC3)C2)cnn1CCOC1CCCCO1. The number of amides is 1. The maximum atomic E-state index is 12.8. The molecule has 2 saturated heterocycles. The molecule has 0 bridgehead atoms. The predicted molar refractivity (Wildman–Crippen MR) is 104 cm³/mol. The van der Waals surface area contributed by atoms with Crippen molar-refractivity contribution >= 4 is 5.91 Å². The van der Waals surface area contributed by atoms with Crippen molar-refractivity contribution in [1.82, 2.24) is 15.1 Å². The normalized spacial score (nSPS) is 27.2. The minimum absolute atomic E-state index is 0.00789. The zero-order chi connectivity index (χ0) is 19.4. The molecule has 7 heteroatoms. The molecular formula is C21H33N3O4. The lowest BCUT2D eigenvalue weighted by Gasteiger charge is -2.38. The smallest absolute Gasteiger partial charge is 0.254 e. The molecule has 2 atom stereocenters. The van der Waals surface area contributed by atoms with Gasteiger partial charge in [0.15, 0.2) is 6.29 Å². The summed E-state index contributed by atoms with van der Waals surface area (Å²) >= 11 is 0. The second-order valence-corrected chi connectivity index (χ2v) is 8.44. The minimum atomic E-state index is -0.0937. The highest BCUT2D eigenvalue weighted by molar-refractivity contribution is 5.95. The Morgan fingerprint density at radius 1 is 1.29 bits per heavy atom. The number of rotatable bonds is 6. The van der Waals surface area contributed by atoms with Crippen molar-refractivity contribution < 1.29 is 19.0 Å². The Kier molecular flexibility index (Phi) is 6.33. The third-order valence-electron chi connectivity index (χ3n) is 6.44. The first-order chi connectivity index (χ1) is 13.7. The van der Waals surface area contributed by atoms with Gasteiger partial charge in [-0.1, -0.05) is 12.8 Å². The summed E-state index contributed by atoms with van der Waals surface area (Å²) in [4.78, 5) is 12.8. The predicted octanol–water partition coefficient (Wildman–Crippen LogP) is 2.96. The molecule has 1 amide bonds. The molecule has 1 spiro atoms. The quantitative estimate of drug-likeness (QED) is 0.807. The summed E-state index contributed by atoms with van der Waals surface area (Å²) in [6, 6.07) is 0.189. The molecule has 1 aliphatic carbocycles. The van der Waals surface area contributed by atoms with Gasteiger partial charge in [0.25, 0.3) is 5.91 Å². The van der Waals surface area contributed by atoms with Gasteiger partial charge in [0.05, 0.1) is 30.5 Å². The Morgan fingerprint density at radius 3 is 2.93 bits per heavy atom. The molecule has 1 aromatic heterocycles. The van der Waals surface area contributed by atoms with Crippen LogP contribution < -0.4 is 5.32 Å². The highest BCUT2D eigenvalue weighted by atomic mass is 16.7. The number of hydrogen-bond donors (Lipinski definition) is 1. The summed E-state index contributed by atoms with van der Waals surface area (Å²) in [7, 11) is 0. The molecule has 28 heavy (non-hydrogen) atoms. The first-order valence-electron chi connectivity index (χ1n) is 10.9. The van der Waals surface area contributed by atoms with Crippen LogP contribution in [0.1, 0.15) is 73.8 Å². The van der Waals surface area contributed by atoms with Crippen LogP contribution in [0.2, 0.25) is 0 Å². The highest BCUT2D eigenvalue weighted by Crippen LogP contribution is 2.40. The lowest BCUT2D eigenvalue weighted by molar-refractivity contribution is -0.163. The fourth-order valence-electron chi connectivity index (χ4n) is 4.79. The van der Waals surface area contributed by atoms with E-state index in [0.717, 1.165) is 63.9 Å². The average Bonchev–Trinajstić information content (AvgIpc) is 3.30. The van der Waals surface area contributed by atoms with Crippen LogP contribution in [0.15, 0.2) is 6.20 Å². The average molecular weight is 392 g/mol. The van der Waals surface area contributed by atoms with Gasteiger partial charge in [-0.2, -0.15) is 5.10 Å². The van der Waals surface area contributed by atoms with E-state index in [9.17, 15) is 4.79 Å². The van der Waals surface area contributed by atoms with Gasteiger partial charge in [0, 0.05) is 24.9 Å². The first-order valence-corrected chi connectivity index (χ1v) is 10.9. The molecular weight excluding hydrogens is 358 g/mol. The van der Waals surface area contributed by atoms with Gasteiger partial charge < -0.3 is 19.5 Å². The Hall–Kier alpha value is -1.44. The monoisotopic (exact) mass is 391 g/mol. The largest absolute Gasteiger partial charge is 0.375 e. The maximum Gasteiger partial charge on any atom is 0.254 e. The van der Waals surface area contributed by atoms with Crippen molar-refractivity contribution in [3.63, 3.8) is 0 Å². The molecule has 1 N–H and O–H groups in total. The zero-order valence-electron chi connectivity index (χ0n) is 17.0. The standard InChI is InChI=1S/C21H33N3O4/c1-16-18(15-22-24(16)10-13-27-19-6-2-5-11-26-19)20(25)23-17-7-12-28-21(14-17)8-3-4-9-21/h15,17,19H,2-14H2,1H3,(H,23,25). The Bertz CT molecular complexity index is 663. The molecule has 2 aliphatic heterocycles. The highest BCUT2D eigenvalue weighted by Gasteiger charge is 2.40. The van der Waals surface area contributed by atoms with Gasteiger partial charge >= 0.3 is 0 Å². The topological polar surface area (TPSA) is 74.6 Å². The van der Waals surface area contributed by atoms with Gasteiger partial charge in [-0.05, 0) is 51.9 Å². The molecule has 156 valence electrons. The van der Waals surface area contributed by atoms with Crippen molar-refractivity contribution in [2.75, 3.05) is 19.8 Å². The molecule has 3 aliphatic rings. The second-order valence-electron chi connectivity index (χ2n) is 8.44. The molecule has 0 radical (unpaired) electrons. The number of nitrogens with zero attached hydrogens (tertiary/aromatic N) is 2. The summed E-state index contributed by atoms with van der Waals surface area (Å²) in [5.41, 5.74) is 1.54. The van der Waals surface area contributed by atoms with Crippen molar-refractivity contribution in [3.05, 3.63) is 17.5 Å². The zero-order valence-corrected chi connectivity index (χ0v) is 17.0. The lowest BCUT2D eigenvalue weighted by atomic mass is 9.89. The van der Waals surface area contributed by atoms with E-state index in [-0.39, 0.29) is 23.8 Å². The third-order valence-corrected chi connectivity index (χ3v) is 6.44. The fraction of sp³-hybridized carbons (Fsp3) is 0.810. The van der Waals surface area contributed by atoms with Gasteiger partial charge in [-0.25, -0.2) is 0 Å². The van der Waals surface area contributed by atoms with E-state index in [1.54, 1.807) is 6.20 Å². The number of nitrogens with one attached hydrogen (secondary N) is 1. The Labute approximate surface area is 167 Å². The second kappa shape index (κ2) is 8.93. The van der Waals surface area contributed by atoms with E-state index in [4.69, 9.17) is 14.2 Å². The summed E-state index contributed by atoms with van der Waals surface area (Å²) in [6.07, 6.45) is 11.3. The van der Waals surface area contributed by atoms with Crippen LogP contribution >= 0.6 is 0 Å². The van der Waals surface area contributed by atoms with Crippen molar-refractivity contribution in [2.24, 2.45) is 0 Å². The lowest BCUT2D eigenvalue weighted by Crippen LogP contribution is -2.47. The van der Waals surface area contributed by atoms with Crippen molar-refractivity contribution in [1.29, 1.82) is 0 Å². The summed E-state index contributed by atoms with van der Waals surface area (Å²) in [5.74, 6) is -0.0275. The van der Waals surface area contributed by atoms with E-state index in [1.165, 1.54) is 12.8 Å². The van der Waals surface area contributed by atoms with Crippen LogP contribution in [0, 0.1) is 6.92 Å². The number of aromatic nitrogens is 2. The van der Waals surface area contributed by atoms with Crippen molar-refractivity contribution in [3.8, 4) is 0 Å².